The molecule has 1 heterocycles. The zero-order valence-electron chi connectivity index (χ0n) is 10.9. The maximum absolute atomic E-state index is 5.68. The van der Waals surface area contributed by atoms with Gasteiger partial charge in [-0.15, -0.1) is 12.4 Å². The normalized spacial score (nSPS) is 10.0. The van der Waals surface area contributed by atoms with Crippen molar-refractivity contribution in [1.82, 2.24) is 9.97 Å². The molecule has 0 aliphatic heterocycles. The van der Waals surface area contributed by atoms with Crippen LogP contribution in [0.4, 0.5) is 0 Å². The van der Waals surface area contributed by atoms with Crippen LogP contribution in [0.5, 0.6) is 0 Å². The topological polar surface area (TPSA) is 51.8 Å². The highest BCUT2D eigenvalue weighted by atomic mass is 35.5. The van der Waals surface area contributed by atoms with E-state index in [1.807, 2.05) is 26.0 Å². The van der Waals surface area contributed by atoms with Crippen molar-refractivity contribution in [2.24, 2.45) is 5.73 Å². The maximum atomic E-state index is 5.68. The van der Waals surface area contributed by atoms with Crippen LogP contribution in [-0.4, -0.2) is 9.97 Å². The molecule has 0 spiro atoms. The van der Waals surface area contributed by atoms with Gasteiger partial charge in [0.2, 0.25) is 0 Å². The molecule has 0 radical (unpaired) electrons. The Hall–Kier alpha value is -1.45. The lowest BCUT2D eigenvalue weighted by atomic mass is 10.1. The standard InChI is InChI=1S/C14H17N3.ClH/c1-9-5-4-6-12(7-9)14-16-10(2)13(8-15)11(3)17-14;/h4-7H,8,15H2,1-3H3;1H. The Morgan fingerprint density at radius 2 is 1.67 bits per heavy atom. The smallest absolute Gasteiger partial charge is 0.159 e. The molecule has 0 atom stereocenters. The van der Waals surface area contributed by atoms with Gasteiger partial charge in [-0.25, -0.2) is 9.97 Å². The molecule has 4 heteroatoms. The van der Waals surface area contributed by atoms with Crippen molar-refractivity contribution in [2.45, 2.75) is 27.3 Å². The SMILES string of the molecule is Cc1cccc(-c2nc(C)c(CN)c(C)n2)c1.Cl. The summed E-state index contributed by atoms with van der Waals surface area (Å²) in [5.41, 5.74) is 10.9. The summed E-state index contributed by atoms with van der Waals surface area (Å²) in [6.45, 7) is 6.52. The predicted octanol–water partition coefficient (Wildman–Crippen LogP) is 2.95. The van der Waals surface area contributed by atoms with E-state index >= 15 is 0 Å². The van der Waals surface area contributed by atoms with E-state index in [2.05, 4.69) is 29.0 Å². The molecule has 2 aromatic rings. The Morgan fingerprint density at radius 1 is 1.06 bits per heavy atom. The molecule has 0 amide bonds. The highest BCUT2D eigenvalue weighted by Gasteiger charge is 2.08. The Kier molecular flexibility index (Phi) is 4.82. The van der Waals surface area contributed by atoms with Gasteiger partial charge in [0, 0.05) is 29.1 Å². The molecule has 0 saturated heterocycles. The van der Waals surface area contributed by atoms with Crippen LogP contribution in [0.15, 0.2) is 24.3 Å². The van der Waals surface area contributed by atoms with Gasteiger partial charge in [0.15, 0.2) is 5.82 Å². The number of benzene rings is 1. The average molecular weight is 264 g/mol. The monoisotopic (exact) mass is 263 g/mol. The van der Waals surface area contributed by atoms with Gasteiger partial charge in [-0.1, -0.05) is 23.8 Å². The van der Waals surface area contributed by atoms with Gasteiger partial charge in [0.25, 0.3) is 0 Å². The van der Waals surface area contributed by atoms with Crippen molar-refractivity contribution in [1.29, 1.82) is 0 Å². The second-order valence-electron chi connectivity index (χ2n) is 4.27. The van der Waals surface area contributed by atoms with Gasteiger partial charge in [0.1, 0.15) is 0 Å². The lowest BCUT2D eigenvalue weighted by Gasteiger charge is -2.09. The first-order valence-electron chi connectivity index (χ1n) is 5.73. The summed E-state index contributed by atoms with van der Waals surface area (Å²) in [5, 5.41) is 0. The molecule has 0 unspecified atom stereocenters. The molecule has 0 bridgehead atoms. The second kappa shape index (κ2) is 5.94. The molecule has 96 valence electrons. The van der Waals surface area contributed by atoms with Gasteiger partial charge in [-0.05, 0) is 26.8 Å². The van der Waals surface area contributed by atoms with Gasteiger partial charge >= 0.3 is 0 Å². The molecule has 0 aliphatic carbocycles. The van der Waals surface area contributed by atoms with E-state index < -0.39 is 0 Å². The molecular formula is C14H18ClN3. The number of aryl methyl sites for hydroxylation is 3. The fourth-order valence-electron chi connectivity index (χ4n) is 1.95. The fraction of sp³-hybridized carbons (Fsp3) is 0.286. The predicted molar refractivity (Wildman–Crippen MR) is 76.8 cm³/mol. The number of hydrogen-bond donors (Lipinski definition) is 1. The van der Waals surface area contributed by atoms with Crippen LogP contribution in [0, 0.1) is 20.8 Å². The summed E-state index contributed by atoms with van der Waals surface area (Å²) >= 11 is 0. The Bertz CT molecular complexity index is 529. The van der Waals surface area contributed by atoms with Gasteiger partial charge in [-0.3, -0.25) is 0 Å². The van der Waals surface area contributed by atoms with E-state index in [1.54, 1.807) is 0 Å². The lowest BCUT2D eigenvalue weighted by Crippen LogP contribution is -2.07. The largest absolute Gasteiger partial charge is 0.326 e. The van der Waals surface area contributed by atoms with Crippen LogP contribution in [0.1, 0.15) is 22.5 Å². The molecule has 2 N–H and O–H groups in total. The summed E-state index contributed by atoms with van der Waals surface area (Å²) in [6.07, 6.45) is 0. The quantitative estimate of drug-likeness (QED) is 0.906. The minimum Gasteiger partial charge on any atom is -0.326 e. The van der Waals surface area contributed by atoms with Gasteiger partial charge in [0.05, 0.1) is 0 Å². The van der Waals surface area contributed by atoms with Crippen molar-refractivity contribution in [3.63, 3.8) is 0 Å². The van der Waals surface area contributed by atoms with E-state index in [9.17, 15) is 0 Å². The zero-order valence-corrected chi connectivity index (χ0v) is 11.7. The van der Waals surface area contributed by atoms with E-state index in [0.717, 1.165) is 28.3 Å². The van der Waals surface area contributed by atoms with Gasteiger partial charge < -0.3 is 5.73 Å². The first-order chi connectivity index (χ1) is 8.11. The molecule has 3 nitrogen and oxygen atoms in total. The Labute approximate surface area is 114 Å². The van der Waals surface area contributed by atoms with Crippen LogP contribution < -0.4 is 5.73 Å². The lowest BCUT2D eigenvalue weighted by molar-refractivity contribution is 0.939. The summed E-state index contributed by atoms with van der Waals surface area (Å²) in [6, 6.07) is 8.21. The van der Waals surface area contributed by atoms with Gasteiger partial charge in [-0.2, -0.15) is 0 Å². The third-order valence-corrected chi connectivity index (χ3v) is 2.90. The molecule has 0 aliphatic rings. The van der Waals surface area contributed by atoms with Crippen LogP contribution in [0.3, 0.4) is 0 Å². The summed E-state index contributed by atoms with van der Waals surface area (Å²) in [7, 11) is 0. The zero-order chi connectivity index (χ0) is 12.4. The van der Waals surface area contributed by atoms with Crippen molar-refractivity contribution >= 4 is 12.4 Å². The van der Waals surface area contributed by atoms with E-state index in [1.165, 1.54) is 5.56 Å². The van der Waals surface area contributed by atoms with Crippen molar-refractivity contribution < 1.29 is 0 Å². The molecule has 1 aromatic heterocycles. The van der Waals surface area contributed by atoms with Crippen LogP contribution >= 0.6 is 12.4 Å². The molecule has 0 saturated carbocycles. The van der Waals surface area contributed by atoms with Crippen LogP contribution in [0.2, 0.25) is 0 Å². The minimum absolute atomic E-state index is 0. The third kappa shape index (κ3) is 2.86. The highest BCUT2D eigenvalue weighted by molar-refractivity contribution is 5.85. The fourth-order valence-corrected chi connectivity index (χ4v) is 1.95. The van der Waals surface area contributed by atoms with Crippen molar-refractivity contribution in [2.75, 3.05) is 0 Å². The van der Waals surface area contributed by atoms with E-state index in [4.69, 9.17) is 5.73 Å². The van der Waals surface area contributed by atoms with E-state index in [0.29, 0.717) is 6.54 Å². The van der Waals surface area contributed by atoms with Crippen LogP contribution in [0.25, 0.3) is 11.4 Å². The number of halogens is 1. The Morgan fingerprint density at radius 3 is 2.17 bits per heavy atom. The number of aromatic nitrogens is 2. The summed E-state index contributed by atoms with van der Waals surface area (Å²) < 4.78 is 0. The van der Waals surface area contributed by atoms with E-state index in [-0.39, 0.29) is 12.4 Å². The van der Waals surface area contributed by atoms with Crippen molar-refractivity contribution in [3.05, 3.63) is 46.8 Å². The molecule has 2 rings (SSSR count). The number of nitrogens with zero attached hydrogens (tertiary/aromatic N) is 2. The third-order valence-electron chi connectivity index (χ3n) is 2.90. The Balaban J connectivity index is 0.00000162. The summed E-state index contributed by atoms with van der Waals surface area (Å²) in [4.78, 5) is 9.05. The number of rotatable bonds is 2. The number of hydrogen-bond acceptors (Lipinski definition) is 3. The van der Waals surface area contributed by atoms with Crippen molar-refractivity contribution in [3.8, 4) is 11.4 Å². The first-order valence-corrected chi connectivity index (χ1v) is 5.73. The first kappa shape index (κ1) is 14.6. The minimum atomic E-state index is 0. The molecule has 18 heavy (non-hydrogen) atoms. The average Bonchev–Trinajstić information content (AvgIpc) is 2.28. The molecule has 0 fully saturated rings. The molecular weight excluding hydrogens is 246 g/mol. The maximum Gasteiger partial charge on any atom is 0.159 e. The molecule has 1 aromatic carbocycles. The van der Waals surface area contributed by atoms with Crippen LogP contribution in [-0.2, 0) is 6.54 Å². The number of nitrogens with two attached hydrogens (primary N) is 1. The highest BCUT2D eigenvalue weighted by Crippen LogP contribution is 2.19. The summed E-state index contributed by atoms with van der Waals surface area (Å²) in [5.74, 6) is 0.779. The second-order valence-corrected chi connectivity index (χ2v) is 4.27.